The average molecular weight is 210 g/mol. The molecule has 0 saturated carbocycles. The number of rotatable bonds is 2. The number of para-hydroxylation sites is 1. The van der Waals surface area contributed by atoms with Crippen LogP contribution in [0.1, 0.15) is 11.5 Å². The minimum Gasteiger partial charge on any atom is -0.412 e. The molecule has 72 valence electrons. The van der Waals surface area contributed by atoms with Gasteiger partial charge in [0.25, 0.3) is 0 Å². The summed E-state index contributed by atoms with van der Waals surface area (Å²) < 4.78 is 5.03. The third-order valence-corrected chi connectivity index (χ3v) is 1.99. The van der Waals surface area contributed by atoms with Gasteiger partial charge in [-0.05, 0) is 23.2 Å². The quantitative estimate of drug-likeness (QED) is 0.768. The van der Waals surface area contributed by atoms with E-state index in [-0.39, 0.29) is 5.35 Å². The average Bonchev–Trinajstić information content (AvgIpc) is 2.56. The second-order valence-corrected chi connectivity index (χ2v) is 3.15. The van der Waals surface area contributed by atoms with Crippen molar-refractivity contribution in [2.45, 2.75) is 6.42 Å². The van der Waals surface area contributed by atoms with E-state index in [9.17, 15) is 0 Å². The van der Waals surface area contributed by atoms with Crippen molar-refractivity contribution >= 4 is 17.3 Å². The molecular weight excluding hydrogens is 202 g/mol. The molecule has 2 N–H and O–H groups in total. The summed E-state index contributed by atoms with van der Waals surface area (Å²) in [7, 11) is 0. The predicted octanol–water partition coefficient (Wildman–Crippen LogP) is 1.90. The topological polar surface area (TPSA) is 64.9 Å². The van der Waals surface area contributed by atoms with Crippen LogP contribution in [0.15, 0.2) is 28.7 Å². The lowest BCUT2D eigenvalue weighted by Crippen LogP contribution is -1.95. The first-order valence-corrected chi connectivity index (χ1v) is 4.45. The summed E-state index contributed by atoms with van der Waals surface area (Å²) in [6.45, 7) is 0. The van der Waals surface area contributed by atoms with Crippen molar-refractivity contribution in [1.29, 1.82) is 0 Å². The molecule has 0 aliphatic heterocycles. The molecule has 0 spiro atoms. The Labute approximate surface area is 85.7 Å². The summed E-state index contributed by atoms with van der Waals surface area (Å²) in [6.07, 6.45) is 0.506. The zero-order valence-corrected chi connectivity index (χ0v) is 8.03. The van der Waals surface area contributed by atoms with Crippen LogP contribution in [0.3, 0.4) is 0 Å². The minimum absolute atomic E-state index is 0.0505. The molecule has 2 aromatic rings. The fourth-order valence-electron chi connectivity index (χ4n) is 1.16. The van der Waals surface area contributed by atoms with Crippen LogP contribution < -0.4 is 5.73 Å². The van der Waals surface area contributed by atoms with Crippen LogP contribution >= 0.6 is 11.6 Å². The predicted molar refractivity (Wildman–Crippen MR) is 53.0 cm³/mol. The van der Waals surface area contributed by atoms with Gasteiger partial charge in [0, 0.05) is 5.69 Å². The lowest BCUT2D eigenvalue weighted by Gasteiger charge is -2.00. The molecule has 0 bridgehead atoms. The van der Waals surface area contributed by atoms with Gasteiger partial charge in [-0.3, -0.25) is 0 Å². The molecule has 0 atom stereocenters. The smallest absolute Gasteiger partial charge is 0.312 e. The van der Waals surface area contributed by atoms with Gasteiger partial charge >= 0.3 is 5.35 Å². The van der Waals surface area contributed by atoms with Gasteiger partial charge < -0.3 is 10.2 Å². The molecule has 2 rings (SSSR count). The SMILES string of the molecule is Nc1ccccc1Cc1nnc(Cl)o1. The Morgan fingerprint density at radius 2 is 2.07 bits per heavy atom. The van der Waals surface area contributed by atoms with Crippen molar-refractivity contribution < 1.29 is 4.42 Å². The van der Waals surface area contributed by atoms with Gasteiger partial charge in [0.1, 0.15) is 0 Å². The minimum atomic E-state index is 0.0505. The monoisotopic (exact) mass is 209 g/mol. The number of nitrogen functional groups attached to an aromatic ring is 1. The standard InChI is InChI=1S/C9H8ClN3O/c10-9-13-12-8(14-9)5-6-3-1-2-4-7(6)11/h1-4H,5,11H2. The summed E-state index contributed by atoms with van der Waals surface area (Å²) in [5.74, 6) is 0.466. The summed E-state index contributed by atoms with van der Waals surface area (Å²) in [5, 5.41) is 7.35. The highest BCUT2D eigenvalue weighted by atomic mass is 35.5. The maximum atomic E-state index is 5.75. The largest absolute Gasteiger partial charge is 0.412 e. The van der Waals surface area contributed by atoms with E-state index in [0.717, 1.165) is 5.56 Å². The fraction of sp³-hybridized carbons (Fsp3) is 0.111. The highest BCUT2D eigenvalue weighted by molar-refractivity contribution is 6.27. The molecule has 1 aromatic carbocycles. The molecule has 1 heterocycles. The Morgan fingerprint density at radius 3 is 2.71 bits per heavy atom. The molecular formula is C9H8ClN3O. The lowest BCUT2D eigenvalue weighted by atomic mass is 10.1. The molecule has 0 aliphatic rings. The van der Waals surface area contributed by atoms with Crippen molar-refractivity contribution in [3.63, 3.8) is 0 Å². The molecule has 0 unspecified atom stereocenters. The number of halogens is 1. The third kappa shape index (κ3) is 1.85. The third-order valence-electron chi connectivity index (χ3n) is 1.84. The van der Waals surface area contributed by atoms with Crippen LogP contribution in [-0.2, 0) is 6.42 Å². The van der Waals surface area contributed by atoms with E-state index in [2.05, 4.69) is 10.2 Å². The van der Waals surface area contributed by atoms with Crippen molar-refractivity contribution in [2.75, 3.05) is 5.73 Å². The number of hydrogen-bond donors (Lipinski definition) is 1. The fourth-order valence-corrected chi connectivity index (χ4v) is 1.29. The van der Waals surface area contributed by atoms with Crippen molar-refractivity contribution in [3.8, 4) is 0 Å². The summed E-state index contributed by atoms with van der Waals surface area (Å²) in [6, 6.07) is 7.52. The van der Waals surface area contributed by atoms with E-state index in [1.165, 1.54) is 0 Å². The van der Waals surface area contributed by atoms with E-state index in [4.69, 9.17) is 21.8 Å². The van der Waals surface area contributed by atoms with Crippen LogP contribution in [0.5, 0.6) is 0 Å². The molecule has 0 amide bonds. The Hall–Kier alpha value is -1.55. The van der Waals surface area contributed by atoms with Crippen molar-refractivity contribution in [1.82, 2.24) is 10.2 Å². The lowest BCUT2D eigenvalue weighted by molar-refractivity contribution is 0.507. The molecule has 4 nitrogen and oxygen atoms in total. The van der Waals surface area contributed by atoms with E-state index in [1.54, 1.807) is 0 Å². The Morgan fingerprint density at radius 1 is 1.29 bits per heavy atom. The number of nitrogens with two attached hydrogens (primary N) is 1. The zero-order chi connectivity index (χ0) is 9.97. The van der Waals surface area contributed by atoms with Gasteiger partial charge in [0.15, 0.2) is 0 Å². The van der Waals surface area contributed by atoms with Gasteiger partial charge in [0.2, 0.25) is 5.89 Å². The molecule has 14 heavy (non-hydrogen) atoms. The number of anilines is 1. The van der Waals surface area contributed by atoms with Gasteiger partial charge in [-0.25, -0.2) is 0 Å². The van der Waals surface area contributed by atoms with Crippen molar-refractivity contribution in [3.05, 3.63) is 41.1 Å². The first-order valence-electron chi connectivity index (χ1n) is 4.07. The number of hydrogen-bond acceptors (Lipinski definition) is 4. The molecule has 0 aliphatic carbocycles. The second-order valence-electron chi connectivity index (χ2n) is 2.82. The van der Waals surface area contributed by atoms with Crippen LogP contribution in [-0.4, -0.2) is 10.2 Å². The molecule has 0 fully saturated rings. The number of aromatic nitrogens is 2. The van der Waals surface area contributed by atoms with Crippen LogP contribution in [0.2, 0.25) is 5.35 Å². The normalized spacial score (nSPS) is 10.4. The van der Waals surface area contributed by atoms with Gasteiger partial charge in [-0.1, -0.05) is 23.3 Å². The van der Waals surface area contributed by atoms with E-state index < -0.39 is 0 Å². The zero-order valence-electron chi connectivity index (χ0n) is 7.27. The summed E-state index contributed by atoms with van der Waals surface area (Å²) >= 11 is 5.49. The van der Waals surface area contributed by atoms with Crippen LogP contribution in [0.25, 0.3) is 0 Å². The Kier molecular flexibility index (Phi) is 2.37. The van der Waals surface area contributed by atoms with Crippen molar-refractivity contribution in [2.24, 2.45) is 0 Å². The molecule has 5 heteroatoms. The number of nitrogens with zero attached hydrogens (tertiary/aromatic N) is 2. The first kappa shape index (κ1) is 9.02. The summed E-state index contributed by atoms with van der Waals surface area (Å²) in [5.41, 5.74) is 7.41. The van der Waals surface area contributed by atoms with Crippen LogP contribution in [0.4, 0.5) is 5.69 Å². The molecule has 1 aromatic heterocycles. The Bertz CT molecular complexity index is 441. The Balaban J connectivity index is 2.23. The number of benzene rings is 1. The van der Waals surface area contributed by atoms with Crippen LogP contribution in [0, 0.1) is 0 Å². The second kappa shape index (κ2) is 3.67. The van der Waals surface area contributed by atoms with E-state index in [1.807, 2.05) is 24.3 Å². The maximum absolute atomic E-state index is 5.75. The van der Waals surface area contributed by atoms with E-state index >= 15 is 0 Å². The highest BCUT2D eigenvalue weighted by Gasteiger charge is 2.06. The first-order chi connectivity index (χ1) is 6.75. The van der Waals surface area contributed by atoms with Gasteiger partial charge in [0.05, 0.1) is 6.42 Å². The summed E-state index contributed by atoms with van der Waals surface area (Å²) in [4.78, 5) is 0. The van der Waals surface area contributed by atoms with Gasteiger partial charge in [-0.15, -0.1) is 5.10 Å². The molecule has 0 saturated heterocycles. The van der Waals surface area contributed by atoms with E-state index in [0.29, 0.717) is 18.0 Å². The van der Waals surface area contributed by atoms with Gasteiger partial charge in [-0.2, -0.15) is 0 Å². The molecule has 0 radical (unpaired) electrons. The highest BCUT2D eigenvalue weighted by Crippen LogP contribution is 2.16. The maximum Gasteiger partial charge on any atom is 0.312 e.